The highest BCUT2D eigenvalue weighted by molar-refractivity contribution is 6.29. The smallest absolute Gasteiger partial charge is 0.149 e. The number of hydrogen-bond donors (Lipinski definition) is 0. The van der Waals surface area contributed by atoms with Crippen LogP contribution in [0.3, 0.4) is 0 Å². The third kappa shape index (κ3) is 3.09. The highest BCUT2D eigenvalue weighted by Crippen LogP contribution is 2.23. The quantitative estimate of drug-likeness (QED) is 0.771. The molecule has 18 heavy (non-hydrogen) atoms. The van der Waals surface area contributed by atoms with Crippen molar-refractivity contribution < 1.29 is 9.13 Å². The van der Waals surface area contributed by atoms with Gasteiger partial charge in [0.2, 0.25) is 0 Å². The van der Waals surface area contributed by atoms with Crippen LogP contribution in [0.2, 0.25) is 5.15 Å². The number of aromatic nitrogens is 1. The van der Waals surface area contributed by atoms with Gasteiger partial charge in [0.15, 0.2) is 0 Å². The molecule has 0 saturated carbocycles. The fourth-order valence-corrected chi connectivity index (χ4v) is 2.14. The number of ether oxygens (including phenoxy) is 1. The Labute approximate surface area is 110 Å². The van der Waals surface area contributed by atoms with Crippen LogP contribution in [0, 0.1) is 11.3 Å². The number of likely N-dealkylation sites (tertiary alicyclic amines) is 1. The van der Waals surface area contributed by atoms with Gasteiger partial charge in [-0.1, -0.05) is 11.6 Å². The van der Waals surface area contributed by atoms with E-state index in [1.165, 1.54) is 12.1 Å². The minimum absolute atomic E-state index is 0.167. The molecule has 0 N–H and O–H groups in total. The van der Waals surface area contributed by atoms with Gasteiger partial charge in [-0.25, -0.2) is 9.37 Å². The summed E-state index contributed by atoms with van der Waals surface area (Å²) in [6, 6.07) is 4.85. The zero-order chi connectivity index (χ0) is 13.1. The van der Waals surface area contributed by atoms with Gasteiger partial charge in [-0.15, -0.1) is 0 Å². The van der Waals surface area contributed by atoms with E-state index in [9.17, 15) is 4.39 Å². The first-order chi connectivity index (χ1) is 8.58. The minimum Gasteiger partial charge on any atom is -0.487 e. The molecule has 2 heterocycles. The molecule has 96 valence electrons. The molecule has 0 bridgehead atoms. The second-order valence-electron chi connectivity index (χ2n) is 4.35. The van der Waals surface area contributed by atoms with Crippen LogP contribution in [0.25, 0.3) is 0 Å². The Kier molecular flexibility index (Phi) is 4.00. The van der Waals surface area contributed by atoms with Crippen LogP contribution in [0.5, 0.6) is 5.75 Å². The number of piperidine rings is 1. The molecular formula is C12H13ClFN3O. The molecule has 2 atom stereocenters. The molecule has 0 amide bonds. The second kappa shape index (κ2) is 5.51. The maximum atomic E-state index is 13.8. The van der Waals surface area contributed by atoms with E-state index in [4.69, 9.17) is 21.6 Å². The lowest BCUT2D eigenvalue weighted by Gasteiger charge is -2.32. The molecule has 1 aromatic rings. The van der Waals surface area contributed by atoms with E-state index in [1.54, 1.807) is 0 Å². The number of halogens is 2. The molecule has 1 aliphatic heterocycles. The van der Waals surface area contributed by atoms with Crippen LogP contribution in [0.15, 0.2) is 12.1 Å². The molecule has 2 rings (SSSR count). The highest BCUT2D eigenvalue weighted by atomic mass is 35.5. The number of nitrogens with zero attached hydrogens (tertiary/aromatic N) is 3. The fourth-order valence-electron chi connectivity index (χ4n) is 1.94. The fraction of sp³-hybridized carbons (Fsp3) is 0.500. The van der Waals surface area contributed by atoms with Crippen molar-refractivity contribution in [3.63, 3.8) is 0 Å². The van der Waals surface area contributed by atoms with Crippen LogP contribution in [-0.4, -0.2) is 42.3 Å². The van der Waals surface area contributed by atoms with Crippen LogP contribution in [0.4, 0.5) is 4.39 Å². The first kappa shape index (κ1) is 13.1. The van der Waals surface area contributed by atoms with Crippen molar-refractivity contribution in [3.8, 4) is 11.8 Å². The van der Waals surface area contributed by atoms with Crippen LogP contribution in [0.1, 0.15) is 12.1 Å². The third-order valence-electron chi connectivity index (χ3n) is 2.85. The maximum absolute atomic E-state index is 13.8. The molecule has 0 aromatic carbocycles. The van der Waals surface area contributed by atoms with Crippen LogP contribution >= 0.6 is 11.6 Å². The molecule has 1 saturated heterocycles. The zero-order valence-electron chi connectivity index (χ0n) is 9.94. The van der Waals surface area contributed by atoms with E-state index in [0.717, 1.165) is 6.54 Å². The lowest BCUT2D eigenvalue weighted by Crippen LogP contribution is -2.45. The molecule has 6 heteroatoms. The van der Waals surface area contributed by atoms with Crippen molar-refractivity contribution in [2.45, 2.75) is 18.7 Å². The molecule has 0 spiro atoms. The molecule has 0 radical (unpaired) electrons. The van der Waals surface area contributed by atoms with Crippen LogP contribution in [-0.2, 0) is 0 Å². The Morgan fingerprint density at radius 3 is 3.06 bits per heavy atom. The Bertz CT molecular complexity index is 477. The molecule has 2 unspecified atom stereocenters. The van der Waals surface area contributed by atoms with Gasteiger partial charge in [0.25, 0.3) is 0 Å². The standard InChI is InChI=1S/C12H13ClFN3O/c1-17-3-2-11(10(14)7-17)18-9-4-8(6-15)16-12(13)5-9/h4-5,10-11H,2-3,7H2,1H3. The molecule has 1 aliphatic rings. The monoisotopic (exact) mass is 269 g/mol. The van der Waals surface area contributed by atoms with E-state index in [2.05, 4.69) is 4.98 Å². The summed E-state index contributed by atoms with van der Waals surface area (Å²) in [5.74, 6) is 0.392. The van der Waals surface area contributed by atoms with E-state index in [1.807, 2.05) is 18.0 Å². The summed E-state index contributed by atoms with van der Waals surface area (Å²) < 4.78 is 19.3. The lowest BCUT2D eigenvalue weighted by molar-refractivity contribution is 0.0313. The Balaban J connectivity index is 2.10. The largest absolute Gasteiger partial charge is 0.487 e. The van der Waals surface area contributed by atoms with E-state index in [0.29, 0.717) is 18.7 Å². The first-order valence-corrected chi connectivity index (χ1v) is 6.03. The summed E-state index contributed by atoms with van der Waals surface area (Å²) in [5.41, 5.74) is 0.167. The number of alkyl halides is 1. The average Bonchev–Trinajstić information content (AvgIpc) is 2.32. The predicted octanol–water partition coefficient (Wildman–Crippen LogP) is 2.03. The van der Waals surface area contributed by atoms with Crippen LogP contribution < -0.4 is 4.74 Å². The van der Waals surface area contributed by atoms with E-state index < -0.39 is 12.3 Å². The van der Waals surface area contributed by atoms with Gasteiger partial charge in [-0.05, 0) is 13.5 Å². The van der Waals surface area contributed by atoms with Gasteiger partial charge in [-0.3, -0.25) is 0 Å². The Morgan fingerprint density at radius 2 is 2.39 bits per heavy atom. The van der Waals surface area contributed by atoms with Crippen molar-refractivity contribution in [1.82, 2.24) is 9.88 Å². The van der Waals surface area contributed by atoms with Gasteiger partial charge >= 0.3 is 0 Å². The third-order valence-corrected chi connectivity index (χ3v) is 3.05. The molecule has 4 nitrogen and oxygen atoms in total. The van der Waals surface area contributed by atoms with Gasteiger partial charge in [0, 0.05) is 25.2 Å². The number of rotatable bonds is 2. The average molecular weight is 270 g/mol. The number of hydrogen-bond acceptors (Lipinski definition) is 4. The summed E-state index contributed by atoms with van der Waals surface area (Å²) in [5, 5.41) is 8.95. The molecular weight excluding hydrogens is 257 g/mol. The van der Waals surface area contributed by atoms with Gasteiger partial charge in [0.1, 0.15) is 34.9 Å². The summed E-state index contributed by atoms with van der Waals surface area (Å²) >= 11 is 5.76. The minimum atomic E-state index is -1.04. The zero-order valence-corrected chi connectivity index (χ0v) is 10.7. The predicted molar refractivity (Wildman–Crippen MR) is 65.4 cm³/mol. The van der Waals surface area contributed by atoms with Crippen molar-refractivity contribution >= 4 is 11.6 Å². The van der Waals surface area contributed by atoms with Crippen molar-refractivity contribution in [1.29, 1.82) is 5.26 Å². The van der Waals surface area contributed by atoms with Crippen molar-refractivity contribution in [2.75, 3.05) is 20.1 Å². The van der Waals surface area contributed by atoms with E-state index in [-0.39, 0.29) is 10.8 Å². The summed E-state index contributed by atoms with van der Waals surface area (Å²) in [4.78, 5) is 5.72. The molecule has 1 fully saturated rings. The summed E-state index contributed by atoms with van der Waals surface area (Å²) in [6.45, 7) is 1.14. The van der Waals surface area contributed by atoms with E-state index >= 15 is 0 Å². The van der Waals surface area contributed by atoms with Gasteiger partial charge < -0.3 is 9.64 Å². The Morgan fingerprint density at radius 1 is 1.61 bits per heavy atom. The normalized spacial score (nSPS) is 24.6. The topological polar surface area (TPSA) is 49.1 Å². The van der Waals surface area contributed by atoms with Gasteiger partial charge in [0.05, 0.1) is 0 Å². The molecule has 0 aliphatic carbocycles. The van der Waals surface area contributed by atoms with Crippen molar-refractivity contribution in [3.05, 3.63) is 23.0 Å². The summed E-state index contributed by atoms with van der Waals surface area (Å²) in [6.07, 6.45) is -0.924. The summed E-state index contributed by atoms with van der Waals surface area (Å²) in [7, 11) is 1.87. The Hall–Kier alpha value is -1.38. The second-order valence-corrected chi connectivity index (χ2v) is 4.73. The number of pyridine rings is 1. The highest BCUT2D eigenvalue weighted by Gasteiger charge is 2.29. The number of nitriles is 1. The maximum Gasteiger partial charge on any atom is 0.149 e. The van der Waals surface area contributed by atoms with Gasteiger partial charge in [-0.2, -0.15) is 5.26 Å². The lowest BCUT2D eigenvalue weighted by atomic mass is 10.1. The first-order valence-electron chi connectivity index (χ1n) is 5.65. The van der Waals surface area contributed by atoms with Crippen molar-refractivity contribution in [2.24, 2.45) is 0 Å². The molecule has 1 aromatic heterocycles. The SMILES string of the molecule is CN1CCC(Oc2cc(Cl)nc(C#N)c2)C(F)C1.